The quantitative estimate of drug-likeness (QED) is 0.0186. The van der Waals surface area contributed by atoms with Crippen LogP contribution in [-0.4, -0.2) is 142 Å². The molecule has 0 radical (unpaired) electrons. The third-order valence-electron chi connectivity index (χ3n) is 12.3. The third kappa shape index (κ3) is 26.0. The first kappa shape index (κ1) is 57.9. The second kappa shape index (κ2) is 37.8. The van der Waals surface area contributed by atoms with Gasteiger partial charge in [-0.05, 0) is 38.5 Å². The lowest BCUT2D eigenvalue weighted by molar-refractivity contribution is -0.332. The molecule has 0 aliphatic carbocycles. The van der Waals surface area contributed by atoms with E-state index in [1.165, 1.54) is 128 Å². The zero-order valence-electron chi connectivity index (χ0n) is 39.3. The fraction of sp³-hybridized carbons (Fsp3) is 0.939. The minimum absolute atomic E-state index is 0.0645. The van der Waals surface area contributed by atoms with Gasteiger partial charge in [-0.15, -0.1) is 0 Å². The Labute approximate surface area is 380 Å². The smallest absolute Gasteiger partial charge is 0.306 e. The molecule has 2 heterocycles. The number of ether oxygens (including phenoxy) is 6. The number of aliphatic hydroxyl groups excluding tert-OH is 7. The van der Waals surface area contributed by atoms with Crippen LogP contribution in [0.25, 0.3) is 0 Å². The van der Waals surface area contributed by atoms with Crippen molar-refractivity contribution in [3.05, 3.63) is 12.2 Å². The maximum atomic E-state index is 12.9. The summed E-state index contributed by atoms with van der Waals surface area (Å²) in [7, 11) is 0. The van der Waals surface area contributed by atoms with E-state index in [2.05, 4.69) is 26.0 Å². The summed E-state index contributed by atoms with van der Waals surface area (Å²) in [6, 6.07) is 0. The molecule has 0 spiro atoms. The van der Waals surface area contributed by atoms with Crippen molar-refractivity contribution in [3.63, 3.8) is 0 Å². The van der Waals surface area contributed by atoms with Gasteiger partial charge in [0.05, 0.1) is 26.4 Å². The van der Waals surface area contributed by atoms with Gasteiger partial charge in [0, 0.05) is 13.0 Å². The molecule has 0 aromatic heterocycles. The second-order valence-corrected chi connectivity index (χ2v) is 18.0. The van der Waals surface area contributed by atoms with Gasteiger partial charge in [0.2, 0.25) is 0 Å². The molecule has 2 rings (SSSR count). The first-order valence-electron chi connectivity index (χ1n) is 25.3. The second-order valence-electron chi connectivity index (χ2n) is 18.0. The van der Waals surface area contributed by atoms with Crippen LogP contribution in [-0.2, 0) is 33.2 Å². The molecule has 2 aliphatic rings. The van der Waals surface area contributed by atoms with Crippen molar-refractivity contribution in [2.45, 2.75) is 261 Å². The Morgan fingerprint density at radius 2 is 0.937 bits per heavy atom. The van der Waals surface area contributed by atoms with Crippen LogP contribution in [0.3, 0.4) is 0 Å². The predicted octanol–water partition coefficient (Wildman–Crippen LogP) is 7.07. The van der Waals surface area contributed by atoms with Crippen molar-refractivity contribution in [1.82, 2.24) is 0 Å². The predicted molar refractivity (Wildman–Crippen MR) is 243 cm³/mol. The maximum Gasteiger partial charge on any atom is 0.306 e. The molecule has 7 N–H and O–H groups in total. The minimum Gasteiger partial charge on any atom is -0.457 e. The van der Waals surface area contributed by atoms with Crippen molar-refractivity contribution in [2.75, 3.05) is 33.0 Å². The van der Waals surface area contributed by atoms with Crippen LogP contribution >= 0.6 is 0 Å². The molecule has 14 nitrogen and oxygen atoms in total. The van der Waals surface area contributed by atoms with Crippen molar-refractivity contribution in [3.8, 4) is 0 Å². The maximum absolute atomic E-state index is 12.9. The Hall–Kier alpha value is -1.27. The van der Waals surface area contributed by atoms with E-state index in [9.17, 15) is 40.5 Å². The average Bonchev–Trinajstić information content (AvgIpc) is 3.28. The first-order valence-corrected chi connectivity index (χ1v) is 25.3. The van der Waals surface area contributed by atoms with Crippen molar-refractivity contribution in [2.24, 2.45) is 0 Å². The number of esters is 1. The van der Waals surface area contributed by atoms with Crippen LogP contribution in [0.1, 0.15) is 194 Å². The number of allylic oxidation sites excluding steroid dienone is 2. The van der Waals surface area contributed by atoms with Gasteiger partial charge in [0.25, 0.3) is 0 Å². The summed E-state index contributed by atoms with van der Waals surface area (Å²) in [6.07, 6.45) is 21.3. The highest BCUT2D eigenvalue weighted by Crippen LogP contribution is 2.26. The highest BCUT2D eigenvalue weighted by atomic mass is 16.7. The molecule has 0 amide bonds. The number of carbonyl (C=O) groups excluding carboxylic acids is 1. The minimum atomic E-state index is -1.70. The summed E-state index contributed by atoms with van der Waals surface area (Å²) in [5.41, 5.74) is 0. The van der Waals surface area contributed by atoms with Crippen molar-refractivity contribution in [1.29, 1.82) is 0 Å². The molecular formula is C49H92O14. The summed E-state index contributed by atoms with van der Waals surface area (Å²) in [5, 5.41) is 72.0. The number of hydrogen-bond acceptors (Lipinski definition) is 14. The highest BCUT2D eigenvalue weighted by molar-refractivity contribution is 5.69. The van der Waals surface area contributed by atoms with Gasteiger partial charge in [-0.1, -0.05) is 161 Å². The fourth-order valence-electron chi connectivity index (χ4n) is 8.10. The number of rotatable bonds is 40. The Morgan fingerprint density at radius 3 is 1.44 bits per heavy atom. The van der Waals surface area contributed by atoms with E-state index in [4.69, 9.17) is 28.4 Å². The summed E-state index contributed by atoms with van der Waals surface area (Å²) in [5.74, 6) is -0.376. The largest absolute Gasteiger partial charge is 0.457 e. The van der Waals surface area contributed by atoms with E-state index >= 15 is 0 Å². The van der Waals surface area contributed by atoms with Crippen LogP contribution in [0.15, 0.2) is 12.2 Å². The number of carbonyl (C=O) groups is 1. The zero-order chi connectivity index (χ0) is 45.9. The van der Waals surface area contributed by atoms with Gasteiger partial charge in [0.15, 0.2) is 12.6 Å². The van der Waals surface area contributed by atoms with Gasteiger partial charge < -0.3 is 64.2 Å². The zero-order valence-corrected chi connectivity index (χ0v) is 39.3. The van der Waals surface area contributed by atoms with Crippen LogP contribution in [0.2, 0.25) is 0 Å². The molecule has 11 unspecified atom stereocenters. The topological polar surface area (TPSA) is 214 Å². The van der Waals surface area contributed by atoms with Crippen LogP contribution < -0.4 is 0 Å². The number of aliphatic hydroxyl groups is 7. The van der Waals surface area contributed by atoms with Crippen molar-refractivity contribution >= 4 is 5.97 Å². The Morgan fingerprint density at radius 1 is 0.508 bits per heavy atom. The average molecular weight is 905 g/mol. The van der Waals surface area contributed by atoms with E-state index in [-0.39, 0.29) is 25.6 Å². The Balaban J connectivity index is 1.76. The van der Waals surface area contributed by atoms with E-state index in [1.807, 2.05) is 0 Å². The highest BCUT2D eigenvalue weighted by Gasteiger charge is 2.47. The van der Waals surface area contributed by atoms with E-state index in [0.29, 0.717) is 13.0 Å². The molecule has 2 aliphatic heterocycles. The Kier molecular flexibility index (Phi) is 34.7. The molecular weight excluding hydrogens is 813 g/mol. The lowest BCUT2D eigenvalue weighted by Crippen LogP contribution is -2.61. The summed E-state index contributed by atoms with van der Waals surface area (Å²) < 4.78 is 34.2. The van der Waals surface area contributed by atoms with Crippen LogP contribution in [0.4, 0.5) is 0 Å². The first-order chi connectivity index (χ1) is 30.6. The van der Waals surface area contributed by atoms with Crippen molar-refractivity contribution < 1.29 is 69.0 Å². The molecule has 2 saturated heterocycles. The lowest BCUT2D eigenvalue weighted by atomic mass is 9.98. The molecule has 2 fully saturated rings. The van der Waals surface area contributed by atoms with E-state index in [1.54, 1.807) is 0 Å². The van der Waals surface area contributed by atoms with E-state index in [0.717, 1.165) is 38.5 Å². The SMILES string of the molecule is CCCCCCCC/C=C\CCCCCCCCCCOCC(COC1OC(COC2OC(CO)C(O)C(O)C2O)C(O)C(O)C1O)OC(=O)CCCCCCCCCCCCC. The van der Waals surface area contributed by atoms with Gasteiger partial charge in [-0.2, -0.15) is 0 Å². The summed E-state index contributed by atoms with van der Waals surface area (Å²) in [6.45, 7) is 3.69. The molecule has 0 saturated carbocycles. The molecule has 0 aromatic carbocycles. The molecule has 0 bridgehead atoms. The summed E-state index contributed by atoms with van der Waals surface area (Å²) in [4.78, 5) is 12.9. The van der Waals surface area contributed by atoms with Gasteiger partial charge in [-0.3, -0.25) is 4.79 Å². The van der Waals surface area contributed by atoms with Crippen LogP contribution in [0, 0.1) is 0 Å². The molecule has 0 aromatic rings. The number of hydrogen-bond donors (Lipinski definition) is 7. The Bertz CT molecular complexity index is 1100. The molecule has 14 heteroatoms. The van der Waals surface area contributed by atoms with Gasteiger partial charge in [-0.25, -0.2) is 0 Å². The van der Waals surface area contributed by atoms with E-state index < -0.39 is 80.7 Å². The van der Waals surface area contributed by atoms with Gasteiger partial charge >= 0.3 is 5.97 Å². The third-order valence-corrected chi connectivity index (χ3v) is 12.3. The normalized spacial score (nSPS) is 27.0. The number of unbranched alkanes of at least 4 members (excludes halogenated alkanes) is 24. The summed E-state index contributed by atoms with van der Waals surface area (Å²) >= 11 is 0. The molecule has 63 heavy (non-hydrogen) atoms. The lowest BCUT2D eigenvalue weighted by Gasteiger charge is -2.42. The molecule has 11 atom stereocenters. The standard InChI is InChI=1S/C49H92O14/c1-3-5-7-9-11-13-15-16-17-18-19-20-21-23-25-27-29-31-33-58-35-38(61-41(51)32-30-28-26-24-22-14-12-10-8-6-4-2)36-59-48-47(57)45(55)43(53)40(63-48)37-60-49-46(56)44(54)42(52)39(34-50)62-49/h16-17,38-40,42-50,52-57H,3-15,18-37H2,1-2H3/b17-16-. The molecule has 372 valence electrons. The fourth-order valence-corrected chi connectivity index (χ4v) is 8.10. The monoisotopic (exact) mass is 905 g/mol. The van der Waals surface area contributed by atoms with Crippen LogP contribution in [0.5, 0.6) is 0 Å². The van der Waals surface area contributed by atoms with Gasteiger partial charge in [0.1, 0.15) is 54.9 Å².